The van der Waals surface area contributed by atoms with Crippen molar-refractivity contribution in [2.45, 2.75) is 13.0 Å². The third-order valence-corrected chi connectivity index (χ3v) is 4.87. The molecule has 0 spiro atoms. The minimum atomic E-state index is -1.28. The average Bonchev–Trinajstić information content (AvgIpc) is 3.27. The van der Waals surface area contributed by atoms with Gasteiger partial charge in [0.15, 0.2) is 6.10 Å². The summed E-state index contributed by atoms with van der Waals surface area (Å²) >= 11 is 1.38. The topological polar surface area (TPSA) is 90.8 Å². The fourth-order valence-corrected chi connectivity index (χ4v) is 3.07. The van der Waals surface area contributed by atoms with Crippen molar-refractivity contribution < 1.29 is 14.7 Å². The fourth-order valence-electron chi connectivity index (χ4n) is 2.45. The van der Waals surface area contributed by atoms with E-state index in [1.165, 1.54) is 11.3 Å². The van der Waals surface area contributed by atoms with Crippen molar-refractivity contribution in [2.24, 2.45) is 5.10 Å². The summed E-state index contributed by atoms with van der Waals surface area (Å²) in [4.78, 5) is 24.7. The number of thiophene rings is 1. The number of aliphatic hydroxyl groups is 1. The Morgan fingerprint density at radius 2 is 1.71 bits per heavy atom. The lowest BCUT2D eigenvalue weighted by molar-refractivity contribution is -0.129. The molecule has 0 saturated carbocycles. The zero-order chi connectivity index (χ0) is 19.9. The lowest BCUT2D eigenvalue weighted by atomic mass is 10.1. The lowest BCUT2D eigenvalue weighted by Gasteiger charge is -2.10. The van der Waals surface area contributed by atoms with E-state index in [1.807, 2.05) is 17.5 Å². The Labute approximate surface area is 166 Å². The molecule has 3 aromatic rings. The molecule has 3 N–H and O–H groups in total. The van der Waals surface area contributed by atoms with Crippen LogP contribution in [-0.2, 0) is 4.79 Å². The van der Waals surface area contributed by atoms with Crippen LogP contribution in [-0.4, -0.2) is 22.6 Å². The first kappa shape index (κ1) is 19.5. The number of anilines is 1. The van der Waals surface area contributed by atoms with Crippen molar-refractivity contribution in [1.82, 2.24) is 5.43 Å². The molecule has 0 aliphatic rings. The van der Waals surface area contributed by atoms with E-state index in [9.17, 15) is 14.7 Å². The number of nitrogens with zero attached hydrogens (tertiary/aromatic N) is 1. The van der Waals surface area contributed by atoms with Gasteiger partial charge in [0, 0.05) is 5.69 Å². The number of nitrogens with one attached hydrogen (secondary N) is 2. The molecule has 7 heteroatoms. The van der Waals surface area contributed by atoms with Crippen LogP contribution in [0.2, 0.25) is 0 Å². The van der Waals surface area contributed by atoms with Crippen molar-refractivity contribution in [3.05, 3.63) is 88.1 Å². The average molecular weight is 393 g/mol. The van der Waals surface area contributed by atoms with Crippen LogP contribution < -0.4 is 10.7 Å². The maximum absolute atomic E-state index is 12.1. The molecular weight excluding hydrogens is 374 g/mol. The Kier molecular flexibility index (Phi) is 6.31. The van der Waals surface area contributed by atoms with Crippen LogP contribution in [0.5, 0.6) is 0 Å². The number of aliphatic hydroxyl groups excluding tert-OH is 1. The Morgan fingerprint density at radius 3 is 2.36 bits per heavy atom. The van der Waals surface area contributed by atoms with E-state index in [2.05, 4.69) is 15.8 Å². The van der Waals surface area contributed by atoms with Crippen LogP contribution in [0.15, 0.2) is 77.2 Å². The van der Waals surface area contributed by atoms with Crippen LogP contribution in [0.25, 0.3) is 0 Å². The second kappa shape index (κ2) is 9.07. The molecule has 0 radical (unpaired) electrons. The number of hydrazone groups is 1. The van der Waals surface area contributed by atoms with Gasteiger partial charge < -0.3 is 10.4 Å². The summed E-state index contributed by atoms with van der Waals surface area (Å²) < 4.78 is 0. The predicted octanol–water partition coefficient (Wildman–Crippen LogP) is 3.57. The Morgan fingerprint density at radius 1 is 1.00 bits per heavy atom. The standard InChI is InChI=1S/C21H19N3O3S/c1-14(23-24-21(27)19(25)16-6-3-2-4-7-16)15-9-11-17(12-10-15)22-20(26)18-8-5-13-28-18/h2-13,19,25H,1H3,(H,22,26)(H,24,27)/b23-14+. The molecule has 6 nitrogen and oxygen atoms in total. The summed E-state index contributed by atoms with van der Waals surface area (Å²) in [6, 6.07) is 19.4. The molecule has 2 amide bonds. The summed E-state index contributed by atoms with van der Waals surface area (Å²) in [7, 11) is 0. The Balaban J connectivity index is 1.60. The molecule has 0 bridgehead atoms. The molecule has 2 aromatic carbocycles. The summed E-state index contributed by atoms with van der Waals surface area (Å²) in [6.07, 6.45) is -1.28. The van der Waals surface area contributed by atoms with Gasteiger partial charge in [-0.2, -0.15) is 5.10 Å². The van der Waals surface area contributed by atoms with Gasteiger partial charge in [-0.15, -0.1) is 11.3 Å². The summed E-state index contributed by atoms with van der Waals surface area (Å²) in [5, 5.41) is 18.8. The van der Waals surface area contributed by atoms with Crippen LogP contribution in [0.1, 0.15) is 33.8 Å². The SMILES string of the molecule is C/C(=N\NC(=O)C(O)c1ccccc1)c1ccc(NC(=O)c2cccs2)cc1. The van der Waals surface area contributed by atoms with Gasteiger partial charge in [0.25, 0.3) is 11.8 Å². The monoisotopic (exact) mass is 393 g/mol. The molecular formula is C21H19N3O3S. The first-order valence-electron chi connectivity index (χ1n) is 8.57. The molecule has 0 fully saturated rings. The van der Waals surface area contributed by atoms with E-state index in [4.69, 9.17) is 0 Å². The molecule has 1 atom stereocenters. The van der Waals surface area contributed by atoms with Gasteiger partial charge in [-0.1, -0.05) is 48.5 Å². The number of benzene rings is 2. The number of carbonyl (C=O) groups excluding carboxylic acids is 2. The van der Waals surface area contributed by atoms with Crippen molar-refractivity contribution in [1.29, 1.82) is 0 Å². The van der Waals surface area contributed by atoms with Gasteiger partial charge in [0.2, 0.25) is 0 Å². The fraction of sp³-hybridized carbons (Fsp3) is 0.0952. The van der Waals surface area contributed by atoms with Crippen molar-refractivity contribution in [3.8, 4) is 0 Å². The van der Waals surface area contributed by atoms with Crippen LogP contribution in [0.3, 0.4) is 0 Å². The third kappa shape index (κ3) is 4.91. The third-order valence-electron chi connectivity index (χ3n) is 4.00. The van der Waals surface area contributed by atoms with E-state index in [-0.39, 0.29) is 5.91 Å². The second-order valence-electron chi connectivity index (χ2n) is 6.00. The molecule has 1 aromatic heterocycles. The van der Waals surface area contributed by atoms with Crippen LogP contribution >= 0.6 is 11.3 Å². The number of hydrogen-bond donors (Lipinski definition) is 3. The van der Waals surface area contributed by atoms with Crippen molar-refractivity contribution >= 4 is 34.6 Å². The largest absolute Gasteiger partial charge is 0.378 e. The molecule has 28 heavy (non-hydrogen) atoms. The maximum Gasteiger partial charge on any atom is 0.273 e. The number of carbonyl (C=O) groups is 2. The highest BCUT2D eigenvalue weighted by molar-refractivity contribution is 7.12. The first-order valence-corrected chi connectivity index (χ1v) is 9.45. The number of hydrogen-bond acceptors (Lipinski definition) is 5. The van der Waals surface area contributed by atoms with Gasteiger partial charge in [-0.05, 0) is 41.6 Å². The number of rotatable bonds is 6. The van der Waals surface area contributed by atoms with Crippen molar-refractivity contribution in [2.75, 3.05) is 5.32 Å². The normalized spacial score (nSPS) is 12.3. The second-order valence-corrected chi connectivity index (χ2v) is 6.94. The Bertz CT molecular complexity index is 968. The number of amides is 2. The lowest BCUT2D eigenvalue weighted by Crippen LogP contribution is -2.26. The molecule has 1 unspecified atom stereocenters. The first-order chi connectivity index (χ1) is 13.5. The molecule has 0 aliphatic carbocycles. The van der Waals surface area contributed by atoms with Gasteiger partial charge >= 0.3 is 0 Å². The Hall–Kier alpha value is -3.29. The maximum atomic E-state index is 12.1. The minimum absolute atomic E-state index is 0.157. The van der Waals surface area contributed by atoms with E-state index in [1.54, 1.807) is 61.5 Å². The molecule has 0 saturated heterocycles. The highest BCUT2D eigenvalue weighted by Gasteiger charge is 2.16. The highest BCUT2D eigenvalue weighted by Crippen LogP contribution is 2.15. The molecule has 0 aliphatic heterocycles. The van der Waals surface area contributed by atoms with E-state index in [0.717, 1.165) is 5.56 Å². The summed E-state index contributed by atoms with van der Waals surface area (Å²) in [5.41, 5.74) is 4.89. The van der Waals surface area contributed by atoms with Gasteiger partial charge in [0.05, 0.1) is 10.6 Å². The van der Waals surface area contributed by atoms with Gasteiger partial charge in [-0.3, -0.25) is 9.59 Å². The van der Waals surface area contributed by atoms with E-state index in [0.29, 0.717) is 21.8 Å². The zero-order valence-electron chi connectivity index (χ0n) is 15.1. The predicted molar refractivity (Wildman–Crippen MR) is 110 cm³/mol. The quantitative estimate of drug-likeness (QED) is 0.442. The molecule has 142 valence electrons. The molecule has 3 rings (SSSR count). The van der Waals surface area contributed by atoms with Crippen molar-refractivity contribution in [3.63, 3.8) is 0 Å². The van der Waals surface area contributed by atoms with Gasteiger partial charge in [-0.25, -0.2) is 5.43 Å². The smallest absolute Gasteiger partial charge is 0.273 e. The summed E-state index contributed by atoms with van der Waals surface area (Å²) in [5.74, 6) is -0.763. The summed E-state index contributed by atoms with van der Waals surface area (Å²) in [6.45, 7) is 1.74. The zero-order valence-corrected chi connectivity index (χ0v) is 15.9. The van der Waals surface area contributed by atoms with Crippen LogP contribution in [0.4, 0.5) is 5.69 Å². The highest BCUT2D eigenvalue weighted by atomic mass is 32.1. The van der Waals surface area contributed by atoms with Crippen LogP contribution in [0, 0.1) is 0 Å². The minimum Gasteiger partial charge on any atom is -0.378 e. The van der Waals surface area contributed by atoms with Gasteiger partial charge in [0.1, 0.15) is 0 Å². The van der Waals surface area contributed by atoms with E-state index < -0.39 is 12.0 Å². The van der Waals surface area contributed by atoms with E-state index >= 15 is 0 Å². The molecule has 1 heterocycles.